The van der Waals surface area contributed by atoms with Gasteiger partial charge >= 0.3 is 0 Å². The lowest BCUT2D eigenvalue weighted by Gasteiger charge is -2.42. The van der Waals surface area contributed by atoms with Gasteiger partial charge in [0.15, 0.2) is 5.78 Å². The van der Waals surface area contributed by atoms with Crippen LogP contribution in [0.3, 0.4) is 0 Å². The van der Waals surface area contributed by atoms with Gasteiger partial charge < -0.3 is 10.2 Å². The van der Waals surface area contributed by atoms with Crippen molar-refractivity contribution in [2.24, 2.45) is 23.2 Å². The SMILES string of the molecule is CC(F)(F)[C@@](C)(O)c1ccc(C(=O)CCC(C2CC2)C2CCC(CO)(C3=CC=CCC=C3)CC2)cc1. The van der Waals surface area contributed by atoms with Crippen LogP contribution in [-0.4, -0.2) is 28.5 Å². The summed E-state index contributed by atoms with van der Waals surface area (Å²) in [5.41, 5.74) is -0.601. The maximum atomic E-state index is 13.8. The first-order valence-electron chi connectivity index (χ1n) is 13.5. The zero-order valence-electron chi connectivity index (χ0n) is 21.6. The maximum absolute atomic E-state index is 13.8. The third kappa shape index (κ3) is 5.73. The van der Waals surface area contributed by atoms with Crippen LogP contribution in [0.5, 0.6) is 0 Å². The highest BCUT2D eigenvalue weighted by atomic mass is 19.3. The number of halogens is 2. The van der Waals surface area contributed by atoms with Crippen LogP contribution in [0.25, 0.3) is 0 Å². The Hall–Kier alpha value is -2.11. The van der Waals surface area contributed by atoms with Crippen LogP contribution in [0.4, 0.5) is 8.78 Å². The summed E-state index contributed by atoms with van der Waals surface area (Å²) in [6, 6.07) is 5.99. The summed E-state index contributed by atoms with van der Waals surface area (Å²) in [5.74, 6) is -1.49. The van der Waals surface area contributed by atoms with Crippen LogP contribution < -0.4 is 0 Å². The molecular weight excluding hydrogens is 458 g/mol. The molecule has 36 heavy (non-hydrogen) atoms. The van der Waals surface area contributed by atoms with E-state index in [1.54, 1.807) is 12.1 Å². The molecule has 0 aliphatic heterocycles. The molecule has 5 heteroatoms. The number of aliphatic hydroxyl groups is 2. The number of carbonyl (C=O) groups excluding carboxylic acids is 1. The molecule has 2 saturated carbocycles. The molecule has 1 aromatic rings. The highest BCUT2D eigenvalue weighted by Gasteiger charge is 2.46. The Labute approximate surface area is 214 Å². The standard InChI is InChI=1S/C31H40F2O3/c1-29(36,30(2,32)33)25-13-11-24(12-14-25)28(35)16-15-27(22-9-10-22)23-17-19-31(21-34,20-18-23)26-7-5-3-4-6-8-26/h3,5-8,11-14,22-23,27,34,36H,4,9-10,15-21H2,1-2H3/t23?,27?,29-,31?/m0/s1. The first-order chi connectivity index (χ1) is 17.1. The second-order valence-electron chi connectivity index (χ2n) is 11.5. The van der Waals surface area contributed by atoms with Gasteiger partial charge in [0.1, 0.15) is 5.60 Å². The molecule has 0 spiro atoms. The molecule has 3 aliphatic carbocycles. The Morgan fingerprint density at radius 2 is 1.69 bits per heavy atom. The minimum atomic E-state index is -3.29. The molecular formula is C31H40F2O3. The predicted molar refractivity (Wildman–Crippen MR) is 139 cm³/mol. The highest BCUT2D eigenvalue weighted by Crippen LogP contribution is 2.52. The molecule has 2 atom stereocenters. The van der Waals surface area contributed by atoms with Gasteiger partial charge in [0.25, 0.3) is 5.92 Å². The zero-order chi connectivity index (χ0) is 26.0. The van der Waals surface area contributed by atoms with Gasteiger partial charge in [-0.15, -0.1) is 0 Å². The summed E-state index contributed by atoms with van der Waals surface area (Å²) in [7, 11) is 0. The van der Waals surface area contributed by atoms with Crippen LogP contribution in [0.15, 0.2) is 60.2 Å². The average Bonchev–Trinajstić information content (AvgIpc) is 3.72. The number of benzene rings is 1. The predicted octanol–water partition coefficient (Wildman–Crippen LogP) is 7.15. The van der Waals surface area contributed by atoms with E-state index in [2.05, 4.69) is 30.4 Å². The zero-order valence-corrected chi connectivity index (χ0v) is 21.6. The summed E-state index contributed by atoms with van der Waals surface area (Å²) >= 11 is 0. The number of carbonyl (C=O) groups is 1. The van der Waals surface area contributed by atoms with Gasteiger partial charge in [-0.25, -0.2) is 8.78 Å². The van der Waals surface area contributed by atoms with E-state index in [4.69, 9.17) is 0 Å². The van der Waals surface area contributed by atoms with Gasteiger partial charge in [0, 0.05) is 24.3 Å². The Kier molecular flexibility index (Phi) is 8.01. The van der Waals surface area contributed by atoms with E-state index in [1.165, 1.54) is 30.5 Å². The van der Waals surface area contributed by atoms with Crippen LogP contribution in [0, 0.1) is 23.2 Å². The second kappa shape index (κ2) is 10.7. The minimum Gasteiger partial charge on any atom is -0.395 e. The lowest BCUT2D eigenvalue weighted by atomic mass is 9.63. The minimum absolute atomic E-state index is 0.0242. The van der Waals surface area contributed by atoms with Crippen molar-refractivity contribution >= 4 is 5.78 Å². The summed E-state index contributed by atoms with van der Waals surface area (Å²) in [4.78, 5) is 13.0. The number of Topliss-reactive ketones (excluding diaryl/α,β-unsaturated/α-hetero) is 1. The second-order valence-corrected chi connectivity index (χ2v) is 11.5. The first kappa shape index (κ1) is 26.9. The van der Waals surface area contributed by atoms with E-state index < -0.39 is 11.5 Å². The van der Waals surface area contributed by atoms with Crippen molar-refractivity contribution < 1.29 is 23.8 Å². The molecule has 0 aromatic heterocycles. The van der Waals surface area contributed by atoms with Gasteiger partial charge in [-0.2, -0.15) is 0 Å². The summed E-state index contributed by atoms with van der Waals surface area (Å²) in [6.45, 7) is 1.96. The van der Waals surface area contributed by atoms with E-state index >= 15 is 0 Å². The Morgan fingerprint density at radius 1 is 1.06 bits per heavy atom. The summed E-state index contributed by atoms with van der Waals surface area (Å²) < 4.78 is 27.5. The number of allylic oxidation sites excluding steroid dienone is 5. The summed E-state index contributed by atoms with van der Waals surface area (Å²) in [5, 5.41) is 20.6. The monoisotopic (exact) mass is 498 g/mol. The van der Waals surface area contributed by atoms with Crippen molar-refractivity contribution in [1.29, 1.82) is 0 Å². The molecule has 2 N–H and O–H groups in total. The van der Waals surface area contributed by atoms with Crippen molar-refractivity contribution in [2.75, 3.05) is 6.61 Å². The fourth-order valence-corrected chi connectivity index (χ4v) is 6.15. The molecule has 196 valence electrons. The van der Waals surface area contributed by atoms with Gasteiger partial charge in [-0.1, -0.05) is 54.6 Å². The Bertz CT molecular complexity index is 1000. The molecule has 1 unspecified atom stereocenters. The highest BCUT2D eigenvalue weighted by molar-refractivity contribution is 5.96. The fraction of sp³-hybridized carbons (Fsp3) is 0.581. The molecule has 0 amide bonds. The van der Waals surface area contributed by atoms with Gasteiger partial charge in [0.2, 0.25) is 0 Å². The number of ketones is 1. The quantitative estimate of drug-likeness (QED) is 0.337. The molecule has 0 saturated heterocycles. The molecule has 3 nitrogen and oxygen atoms in total. The molecule has 3 aliphatic rings. The van der Waals surface area contributed by atoms with Crippen LogP contribution in [-0.2, 0) is 5.60 Å². The lowest BCUT2D eigenvalue weighted by Crippen LogP contribution is -2.40. The third-order valence-corrected chi connectivity index (χ3v) is 9.05. The molecule has 1 aromatic carbocycles. The van der Waals surface area contributed by atoms with Gasteiger partial charge in [-0.3, -0.25) is 4.79 Å². The lowest BCUT2D eigenvalue weighted by molar-refractivity contribution is -0.165. The van der Waals surface area contributed by atoms with Crippen LogP contribution >= 0.6 is 0 Å². The fourth-order valence-electron chi connectivity index (χ4n) is 6.15. The molecule has 2 fully saturated rings. The largest absolute Gasteiger partial charge is 0.395 e. The van der Waals surface area contributed by atoms with Crippen LogP contribution in [0.2, 0.25) is 0 Å². The van der Waals surface area contributed by atoms with Crippen LogP contribution in [0.1, 0.15) is 87.6 Å². The van der Waals surface area contributed by atoms with Crippen molar-refractivity contribution in [1.82, 2.24) is 0 Å². The molecule has 4 rings (SSSR count). The molecule has 0 bridgehead atoms. The Balaban J connectivity index is 1.37. The van der Waals surface area contributed by atoms with E-state index in [1.807, 2.05) is 0 Å². The van der Waals surface area contributed by atoms with Crippen molar-refractivity contribution in [3.63, 3.8) is 0 Å². The molecule has 0 heterocycles. The topological polar surface area (TPSA) is 57.5 Å². The molecule has 0 radical (unpaired) electrons. The summed E-state index contributed by atoms with van der Waals surface area (Å²) in [6.07, 6.45) is 19.5. The smallest absolute Gasteiger partial charge is 0.277 e. The van der Waals surface area contributed by atoms with Gasteiger partial charge in [-0.05, 0) is 87.2 Å². The number of hydrogen-bond donors (Lipinski definition) is 2. The van der Waals surface area contributed by atoms with Crippen molar-refractivity contribution in [3.8, 4) is 0 Å². The average molecular weight is 499 g/mol. The number of rotatable bonds is 10. The number of alkyl halides is 2. The van der Waals surface area contributed by atoms with E-state index in [-0.39, 0.29) is 23.4 Å². The van der Waals surface area contributed by atoms with E-state index in [9.17, 15) is 23.8 Å². The van der Waals surface area contributed by atoms with Crippen molar-refractivity contribution in [2.45, 2.75) is 83.2 Å². The van der Waals surface area contributed by atoms with Gasteiger partial charge in [0.05, 0.1) is 6.61 Å². The Morgan fingerprint density at radius 3 is 2.28 bits per heavy atom. The number of hydrogen-bond acceptors (Lipinski definition) is 3. The maximum Gasteiger partial charge on any atom is 0.277 e. The van der Waals surface area contributed by atoms with Crippen molar-refractivity contribution in [3.05, 3.63) is 71.3 Å². The van der Waals surface area contributed by atoms with E-state index in [0.29, 0.717) is 36.7 Å². The number of aliphatic hydroxyl groups excluding tert-OH is 1. The normalized spacial score (nSPS) is 27.2. The third-order valence-electron chi connectivity index (χ3n) is 9.05. The first-order valence-corrected chi connectivity index (χ1v) is 13.5. The van der Waals surface area contributed by atoms with E-state index in [0.717, 1.165) is 45.4 Å².